The van der Waals surface area contributed by atoms with Gasteiger partial charge in [0, 0.05) is 5.38 Å². The average Bonchev–Trinajstić information content (AvgIpc) is 2.46. The minimum absolute atomic E-state index is 0. The van der Waals surface area contributed by atoms with Gasteiger partial charge < -0.3 is 11.1 Å². The van der Waals surface area contributed by atoms with Gasteiger partial charge in [0.25, 0.3) is 0 Å². The summed E-state index contributed by atoms with van der Waals surface area (Å²) in [7, 11) is 0. The van der Waals surface area contributed by atoms with E-state index in [4.69, 9.17) is 5.73 Å². The lowest BCUT2D eigenvalue weighted by molar-refractivity contribution is -0.119. The second-order valence-electron chi connectivity index (χ2n) is 3.56. The molecule has 1 aromatic heterocycles. The number of nitrogens with two attached hydrogens (primary N) is 1. The van der Waals surface area contributed by atoms with Gasteiger partial charge in [0.2, 0.25) is 5.91 Å². The predicted molar refractivity (Wildman–Crippen MR) is 78.9 cm³/mol. The molecule has 0 aliphatic carbocycles. The number of nitrogens with one attached hydrogen (secondary N) is 1. The largest absolute Gasteiger partial charge is 0.368 e. The quantitative estimate of drug-likeness (QED) is 0.850. The molecule has 16 heavy (non-hydrogen) atoms. The van der Waals surface area contributed by atoms with E-state index in [1.807, 2.05) is 26.2 Å². The van der Waals surface area contributed by atoms with E-state index in [0.717, 1.165) is 10.8 Å². The van der Waals surface area contributed by atoms with E-state index in [0.29, 0.717) is 0 Å². The molecule has 0 bridgehead atoms. The number of anilines is 1. The maximum Gasteiger partial charge on any atom is 0.240 e. The van der Waals surface area contributed by atoms with Gasteiger partial charge in [-0.05, 0) is 12.8 Å². The first-order valence-corrected chi connectivity index (χ1v) is 5.36. The fourth-order valence-electron chi connectivity index (χ4n) is 1.12. The number of carbonyl (C=O) groups excluding carboxylic acids is 1. The predicted octanol–water partition coefficient (Wildman–Crippen LogP) is 2.53. The molecule has 0 aliphatic rings. The number of aryl methyl sites for hydroxylation is 1. The van der Waals surface area contributed by atoms with Crippen LogP contribution in [-0.4, -0.2) is 16.9 Å². The second-order valence-corrected chi connectivity index (χ2v) is 4.42. The molecule has 0 radical (unpaired) electrons. The van der Waals surface area contributed by atoms with Gasteiger partial charge in [-0.1, -0.05) is 13.8 Å². The maximum absolute atomic E-state index is 11.1. The SMILES string of the molecule is Br.Br.Cc1csc(NC(C(N)=O)C(C)C)n1. The Labute approximate surface area is 121 Å². The highest BCUT2D eigenvalue weighted by atomic mass is 79.9. The van der Waals surface area contributed by atoms with E-state index >= 15 is 0 Å². The highest BCUT2D eigenvalue weighted by Crippen LogP contribution is 2.17. The molecule has 94 valence electrons. The minimum Gasteiger partial charge on any atom is -0.368 e. The van der Waals surface area contributed by atoms with E-state index in [9.17, 15) is 4.79 Å². The van der Waals surface area contributed by atoms with Crippen LogP contribution in [0.1, 0.15) is 19.5 Å². The molecule has 0 saturated heterocycles. The van der Waals surface area contributed by atoms with Crippen LogP contribution in [0.15, 0.2) is 5.38 Å². The summed E-state index contributed by atoms with van der Waals surface area (Å²) in [5.74, 6) is -0.176. The summed E-state index contributed by atoms with van der Waals surface area (Å²) in [6, 6.07) is -0.347. The van der Waals surface area contributed by atoms with Crippen molar-refractivity contribution in [3.63, 3.8) is 0 Å². The van der Waals surface area contributed by atoms with Gasteiger partial charge in [-0.2, -0.15) is 0 Å². The average molecular weight is 375 g/mol. The van der Waals surface area contributed by atoms with Crippen molar-refractivity contribution in [3.05, 3.63) is 11.1 Å². The molecule has 7 heteroatoms. The van der Waals surface area contributed by atoms with Gasteiger partial charge in [-0.25, -0.2) is 4.98 Å². The Morgan fingerprint density at radius 2 is 2.06 bits per heavy atom. The third kappa shape index (κ3) is 5.27. The molecule has 1 amide bonds. The Bertz CT molecular complexity index is 330. The Kier molecular flexibility index (Phi) is 9.14. The number of rotatable bonds is 4. The molecule has 1 aromatic rings. The molecule has 1 heterocycles. The zero-order chi connectivity index (χ0) is 10.7. The number of thiazole rings is 1. The number of halogens is 2. The van der Waals surface area contributed by atoms with E-state index < -0.39 is 0 Å². The summed E-state index contributed by atoms with van der Waals surface area (Å²) in [6.45, 7) is 5.81. The van der Waals surface area contributed by atoms with Crippen molar-refractivity contribution < 1.29 is 4.79 Å². The summed E-state index contributed by atoms with van der Waals surface area (Å²) in [5.41, 5.74) is 6.22. The molecule has 0 aromatic carbocycles. The summed E-state index contributed by atoms with van der Waals surface area (Å²) < 4.78 is 0. The summed E-state index contributed by atoms with van der Waals surface area (Å²) in [5, 5.41) is 5.71. The third-order valence-electron chi connectivity index (χ3n) is 1.87. The van der Waals surface area contributed by atoms with E-state index in [1.54, 1.807) is 0 Å². The van der Waals surface area contributed by atoms with Crippen LogP contribution in [-0.2, 0) is 4.79 Å². The van der Waals surface area contributed by atoms with Gasteiger partial charge in [-0.15, -0.1) is 45.3 Å². The fraction of sp³-hybridized carbons (Fsp3) is 0.556. The third-order valence-corrected chi connectivity index (χ3v) is 2.76. The molecule has 0 fully saturated rings. The van der Waals surface area contributed by atoms with E-state index in [1.165, 1.54) is 11.3 Å². The first-order chi connectivity index (χ1) is 6.50. The number of primary amides is 1. The molecule has 0 spiro atoms. The molecular weight excluding hydrogens is 358 g/mol. The number of nitrogens with zero attached hydrogens (tertiary/aromatic N) is 1. The van der Waals surface area contributed by atoms with Crippen LogP contribution >= 0.6 is 45.3 Å². The first-order valence-electron chi connectivity index (χ1n) is 4.48. The smallest absolute Gasteiger partial charge is 0.240 e. The monoisotopic (exact) mass is 373 g/mol. The standard InChI is InChI=1S/C9H15N3OS.2BrH/c1-5(2)7(8(10)13)12-9-11-6(3)4-14-9;;/h4-5,7H,1-3H3,(H2,10,13)(H,11,12);2*1H. The van der Waals surface area contributed by atoms with Crippen molar-refractivity contribution in [2.24, 2.45) is 11.7 Å². The Hall–Kier alpha value is -0.140. The summed E-state index contributed by atoms with van der Waals surface area (Å²) in [6.07, 6.45) is 0. The van der Waals surface area contributed by atoms with Crippen molar-refractivity contribution >= 4 is 56.3 Å². The maximum atomic E-state index is 11.1. The number of amides is 1. The van der Waals surface area contributed by atoms with Crippen LogP contribution in [0.5, 0.6) is 0 Å². The van der Waals surface area contributed by atoms with E-state index in [2.05, 4.69) is 10.3 Å². The molecule has 4 nitrogen and oxygen atoms in total. The lowest BCUT2D eigenvalue weighted by atomic mass is 10.0. The lowest BCUT2D eigenvalue weighted by Crippen LogP contribution is -2.39. The van der Waals surface area contributed by atoms with Gasteiger partial charge in [0.15, 0.2) is 5.13 Å². The number of hydrogen-bond acceptors (Lipinski definition) is 4. The zero-order valence-corrected chi connectivity index (χ0v) is 13.6. The first kappa shape index (κ1) is 18.2. The molecule has 0 aliphatic heterocycles. The van der Waals surface area contributed by atoms with Crippen LogP contribution in [0, 0.1) is 12.8 Å². The molecular formula is C9H17Br2N3OS. The minimum atomic E-state index is -0.347. The molecule has 1 unspecified atom stereocenters. The van der Waals surface area contributed by atoms with Crippen LogP contribution < -0.4 is 11.1 Å². The molecule has 1 rings (SSSR count). The zero-order valence-electron chi connectivity index (χ0n) is 9.39. The van der Waals surface area contributed by atoms with Crippen molar-refractivity contribution in [1.82, 2.24) is 4.98 Å². The fourth-order valence-corrected chi connectivity index (χ4v) is 1.85. The van der Waals surface area contributed by atoms with Gasteiger partial charge in [0.1, 0.15) is 6.04 Å². The second kappa shape index (κ2) is 8.03. The Morgan fingerprint density at radius 1 is 1.50 bits per heavy atom. The van der Waals surface area contributed by atoms with E-state index in [-0.39, 0.29) is 51.8 Å². The highest BCUT2D eigenvalue weighted by molar-refractivity contribution is 8.93. The lowest BCUT2D eigenvalue weighted by Gasteiger charge is -2.17. The van der Waals surface area contributed by atoms with Crippen molar-refractivity contribution in [2.45, 2.75) is 26.8 Å². The number of hydrogen-bond donors (Lipinski definition) is 2. The number of aromatic nitrogens is 1. The topological polar surface area (TPSA) is 68.0 Å². The Morgan fingerprint density at radius 3 is 2.38 bits per heavy atom. The summed E-state index contributed by atoms with van der Waals surface area (Å²) >= 11 is 1.48. The summed E-state index contributed by atoms with van der Waals surface area (Å²) in [4.78, 5) is 15.3. The molecule has 0 saturated carbocycles. The van der Waals surface area contributed by atoms with Crippen LogP contribution in [0.25, 0.3) is 0 Å². The van der Waals surface area contributed by atoms with Gasteiger partial charge >= 0.3 is 0 Å². The van der Waals surface area contributed by atoms with Crippen molar-refractivity contribution in [3.8, 4) is 0 Å². The van der Waals surface area contributed by atoms with Crippen LogP contribution in [0.2, 0.25) is 0 Å². The normalized spacial score (nSPS) is 11.2. The van der Waals surface area contributed by atoms with Crippen LogP contribution in [0.4, 0.5) is 5.13 Å². The molecule has 1 atom stereocenters. The van der Waals surface area contributed by atoms with Crippen molar-refractivity contribution in [1.29, 1.82) is 0 Å². The molecule has 3 N–H and O–H groups in total. The number of carbonyl (C=O) groups is 1. The van der Waals surface area contributed by atoms with Crippen LogP contribution in [0.3, 0.4) is 0 Å². The highest BCUT2D eigenvalue weighted by Gasteiger charge is 2.19. The van der Waals surface area contributed by atoms with Gasteiger partial charge in [0.05, 0.1) is 5.69 Å². The van der Waals surface area contributed by atoms with Crippen molar-refractivity contribution in [2.75, 3.05) is 5.32 Å². The Balaban J connectivity index is 0. The van der Waals surface area contributed by atoms with Gasteiger partial charge in [-0.3, -0.25) is 4.79 Å².